The standard InChI is InChI=1S/C15H22N4/c1-5-19(4)10-14-13(12-8-17-18-9-12)7-6-11(2)15(14)16-3/h6-9,16H,5,10H2,1-4H3,(H,17,18). The second-order valence-corrected chi connectivity index (χ2v) is 4.85. The van der Waals surface area contributed by atoms with Crippen molar-refractivity contribution < 1.29 is 0 Å². The van der Waals surface area contributed by atoms with Gasteiger partial charge in [0, 0.05) is 31.0 Å². The lowest BCUT2D eigenvalue weighted by Gasteiger charge is -2.21. The van der Waals surface area contributed by atoms with E-state index in [1.54, 1.807) is 0 Å². The van der Waals surface area contributed by atoms with Gasteiger partial charge in [-0.2, -0.15) is 5.10 Å². The van der Waals surface area contributed by atoms with Crippen LogP contribution < -0.4 is 5.32 Å². The van der Waals surface area contributed by atoms with Crippen molar-refractivity contribution in [2.75, 3.05) is 26.0 Å². The average molecular weight is 258 g/mol. The van der Waals surface area contributed by atoms with Crippen LogP contribution >= 0.6 is 0 Å². The van der Waals surface area contributed by atoms with Crippen LogP contribution in [0.2, 0.25) is 0 Å². The minimum Gasteiger partial charge on any atom is -0.388 e. The SMILES string of the molecule is CCN(C)Cc1c(-c2cn[nH]c2)ccc(C)c1NC. The van der Waals surface area contributed by atoms with E-state index >= 15 is 0 Å². The molecule has 1 aromatic carbocycles. The fourth-order valence-electron chi connectivity index (χ4n) is 2.33. The summed E-state index contributed by atoms with van der Waals surface area (Å²) >= 11 is 0. The summed E-state index contributed by atoms with van der Waals surface area (Å²) in [6.45, 7) is 6.27. The van der Waals surface area contributed by atoms with Gasteiger partial charge in [-0.3, -0.25) is 5.10 Å². The molecule has 19 heavy (non-hydrogen) atoms. The van der Waals surface area contributed by atoms with Gasteiger partial charge >= 0.3 is 0 Å². The fraction of sp³-hybridized carbons (Fsp3) is 0.400. The summed E-state index contributed by atoms with van der Waals surface area (Å²) in [6.07, 6.45) is 3.82. The van der Waals surface area contributed by atoms with Crippen LogP contribution in [-0.2, 0) is 6.54 Å². The molecule has 0 amide bonds. The molecule has 2 rings (SSSR count). The summed E-state index contributed by atoms with van der Waals surface area (Å²) in [7, 11) is 4.12. The Morgan fingerprint density at radius 1 is 1.37 bits per heavy atom. The van der Waals surface area contributed by atoms with E-state index in [1.165, 1.54) is 22.4 Å². The minimum atomic E-state index is 0.925. The van der Waals surface area contributed by atoms with Crippen LogP contribution in [0.1, 0.15) is 18.1 Å². The van der Waals surface area contributed by atoms with Crippen molar-refractivity contribution in [3.63, 3.8) is 0 Å². The average Bonchev–Trinajstić information content (AvgIpc) is 2.93. The van der Waals surface area contributed by atoms with Gasteiger partial charge in [0.25, 0.3) is 0 Å². The zero-order chi connectivity index (χ0) is 13.8. The quantitative estimate of drug-likeness (QED) is 0.866. The first-order valence-electron chi connectivity index (χ1n) is 6.65. The molecule has 2 aromatic rings. The molecular formula is C15H22N4. The fourth-order valence-corrected chi connectivity index (χ4v) is 2.33. The lowest BCUT2D eigenvalue weighted by molar-refractivity contribution is 0.346. The highest BCUT2D eigenvalue weighted by molar-refractivity contribution is 5.75. The Labute approximate surface area is 114 Å². The highest BCUT2D eigenvalue weighted by Gasteiger charge is 2.14. The minimum absolute atomic E-state index is 0.925. The molecule has 2 N–H and O–H groups in total. The Bertz CT molecular complexity index is 531. The molecule has 0 spiro atoms. The Kier molecular flexibility index (Phi) is 4.22. The van der Waals surface area contributed by atoms with Gasteiger partial charge in [0.1, 0.15) is 0 Å². The van der Waals surface area contributed by atoms with Gasteiger partial charge in [-0.05, 0) is 37.2 Å². The number of hydrogen-bond donors (Lipinski definition) is 2. The summed E-state index contributed by atoms with van der Waals surface area (Å²) < 4.78 is 0. The van der Waals surface area contributed by atoms with Crippen molar-refractivity contribution in [3.8, 4) is 11.1 Å². The van der Waals surface area contributed by atoms with Crippen molar-refractivity contribution in [3.05, 3.63) is 35.7 Å². The van der Waals surface area contributed by atoms with Gasteiger partial charge in [0.2, 0.25) is 0 Å². The number of benzene rings is 1. The van der Waals surface area contributed by atoms with E-state index in [0.29, 0.717) is 0 Å². The number of hydrogen-bond acceptors (Lipinski definition) is 3. The molecule has 0 radical (unpaired) electrons. The van der Waals surface area contributed by atoms with E-state index in [4.69, 9.17) is 0 Å². The van der Waals surface area contributed by atoms with Gasteiger partial charge in [-0.25, -0.2) is 0 Å². The number of H-pyrrole nitrogens is 1. The van der Waals surface area contributed by atoms with E-state index in [9.17, 15) is 0 Å². The van der Waals surface area contributed by atoms with Crippen molar-refractivity contribution in [1.29, 1.82) is 0 Å². The summed E-state index contributed by atoms with van der Waals surface area (Å²) in [5.41, 5.74) is 6.20. The number of nitrogens with zero attached hydrogens (tertiary/aromatic N) is 2. The Morgan fingerprint density at radius 2 is 2.16 bits per heavy atom. The molecule has 0 saturated carbocycles. The molecule has 1 aromatic heterocycles. The molecule has 0 bridgehead atoms. The number of aromatic amines is 1. The van der Waals surface area contributed by atoms with Gasteiger partial charge in [-0.1, -0.05) is 19.1 Å². The van der Waals surface area contributed by atoms with Crippen LogP contribution in [0.3, 0.4) is 0 Å². The molecule has 0 aliphatic heterocycles. The van der Waals surface area contributed by atoms with Crippen molar-refractivity contribution >= 4 is 5.69 Å². The highest BCUT2D eigenvalue weighted by atomic mass is 15.1. The Balaban J connectivity index is 2.53. The third-order valence-corrected chi connectivity index (χ3v) is 3.55. The smallest absolute Gasteiger partial charge is 0.0565 e. The molecule has 4 nitrogen and oxygen atoms in total. The second kappa shape index (κ2) is 5.89. The number of rotatable bonds is 5. The van der Waals surface area contributed by atoms with E-state index < -0.39 is 0 Å². The molecule has 0 fully saturated rings. The molecule has 0 aliphatic carbocycles. The van der Waals surface area contributed by atoms with Gasteiger partial charge in [0.15, 0.2) is 0 Å². The van der Waals surface area contributed by atoms with Crippen LogP contribution in [0.15, 0.2) is 24.5 Å². The van der Waals surface area contributed by atoms with Gasteiger partial charge in [0.05, 0.1) is 6.20 Å². The Hall–Kier alpha value is -1.81. The van der Waals surface area contributed by atoms with Crippen molar-refractivity contribution in [2.45, 2.75) is 20.4 Å². The maximum absolute atomic E-state index is 4.06. The van der Waals surface area contributed by atoms with Gasteiger partial charge in [-0.15, -0.1) is 0 Å². The van der Waals surface area contributed by atoms with Crippen LogP contribution in [0.25, 0.3) is 11.1 Å². The number of anilines is 1. The summed E-state index contributed by atoms with van der Waals surface area (Å²) in [4.78, 5) is 2.30. The summed E-state index contributed by atoms with van der Waals surface area (Å²) in [6, 6.07) is 4.34. The van der Waals surface area contributed by atoms with Crippen LogP contribution in [0, 0.1) is 6.92 Å². The molecular weight excluding hydrogens is 236 g/mol. The second-order valence-electron chi connectivity index (χ2n) is 4.85. The predicted octanol–water partition coefficient (Wildman–Crippen LogP) is 2.88. The predicted molar refractivity (Wildman–Crippen MR) is 80.3 cm³/mol. The monoisotopic (exact) mass is 258 g/mol. The van der Waals surface area contributed by atoms with Crippen LogP contribution in [0.4, 0.5) is 5.69 Å². The first-order chi connectivity index (χ1) is 9.17. The normalized spacial score (nSPS) is 11.0. The topological polar surface area (TPSA) is 44.0 Å². The molecule has 0 aliphatic rings. The van der Waals surface area contributed by atoms with Crippen molar-refractivity contribution in [2.24, 2.45) is 0 Å². The largest absolute Gasteiger partial charge is 0.388 e. The van der Waals surface area contributed by atoms with Crippen molar-refractivity contribution in [1.82, 2.24) is 15.1 Å². The third kappa shape index (κ3) is 2.79. The summed E-state index contributed by atoms with van der Waals surface area (Å²) in [5.74, 6) is 0. The zero-order valence-corrected chi connectivity index (χ0v) is 12.1. The van der Waals surface area contributed by atoms with Crippen LogP contribution in [0.5, 0.6) is 0 Å². The molecule has 102 valence electrons. The zero-order valence-electron chi connectivity index (χ0n) is 12.1. The number of nitrogens with one attached hydrogen (secondary N) is 2. The highest BCUT2D eigenvalue weighted by Crippen LogP contribution is 2.32. The Morgan fingerprint density at radius 3 is 2.74 bits per heavy atom. The first-order valence-corrected chi connectivity index (χ1v) is 6.65. The summed E-state index contributed by atoms with van der Waals surface area (Å²) in [5, 5.41) is 10.3. The lowest BCUT2D eigenvalue weighted by Crippen LogP contribution is -2.18. The molecule has 0 saturated heterocycles. The molecule has 0 atom stereocenters. The van der Waals surface area contributed by atoms with E-state index in [1.807, 2.05) is 19.4 Å². The lowest BCUT2D eigenvalue weighted by atomic mass is 9.97. The van der Waals surface area contributed by atoms with E-state index in [-0.39, 0.29) is 0 Å². The van der Waals surface area contributed by atoms with E-state index in [2.05, 4.69) is 53.4 Å². The number of aromatic nitrogens is 2. The molecule has 0 unspecified atom stereocenters. The molecule has 4 heteroatoms. The maximum atomic E-state index is 4.06. The number of aryl methyl sites for hydroxylation is 1. The third-order valence-electron chi connectivity index (χ3n) is 3.55. The van der Waals surface area contributed by atoms with Crippen LogP contribution in [-0.4, -0.2) is 35.7 Å². The first kappa shape index (κ1) is 13.6. The van der Waals surface area contributed by atoms with Gasteiger partial charge < -0.3 is 10.2 Å². The maximum Gasteiger partial charge on any atom is 0.0565 e. The molecule has 1 heterocycles. The van der Waals surface area contributed by atoms with E-state index in [0.717, 1.165) is 18.7 Å².